The Hall–Kier alpha value is -2.52. The van der Waals surface area contributed by atoms with Crippen LogP contribution in [0.1, 0.15) is 55.2 Å². The summed E-state index contributed by atoms with van der Waals surface area (Å²) in [5.41, 5.74) is 1.92. The molecular formula is C24H27F3N2O. The van der Waals surface area contributed by atoms with Gasteiger partial charge in [-0.05, 0) is 61.2 Å². The Morgan fingerprint density at radius 2 is 1.77 bits per heavy atom. The highest BCUT2D eigenvalue weighted by Crippen LogP contribution is 2.35. The van der Waals surface area contributed by atoms with Gasteiger partial charge >= 0.3 is 6.18 Å². The molecule has 2 atom stereocenters. The third-order valence-corrected chi connectivity index (χ3v) is 5.70. The lowest BCUT2D eigenvalue weighted by atomic mass is 9.86. The molecule has 1 saturated heterocycles. The van der Waals surface area contributed by atoms with Gasteiger partial charge in [-0.1, -0.05) is 25.5 Å². The molecule has 160 valence electrons. The third kappa shape index (κ3) is 5.54. The van der Waals surface area contributed by atoms with Crippen molar-refractivity contribution in [3.8, 4) is 6.07 Å². The molecule has 0 N–H and O–H groups in total. The van der Waals surface area contributed by atoms with Gasteiger partial charge in [-0.15, -0.1) is 0 Å². The van der Waals surface area contributed by atoms with Crippen LogP contribution in [0, 0.1) is 11.3 Å². The number of ether oxygens (including phenoxy) is 1. The minimum absolute atomic E-state index is 0.148. The number of hydrogen-bond acceptors (Lipinski definition) is 3. The summed E-state index contributed by atoms with van der Waals surface area (Å²) in [7, 11) is 0. The van der Waals surface area contributed by atoms with Gasteiger partial charge in [0.2, 0.25) is 0 Å². The fourth-order valence-electron chi connectivity index (χ4n) is 3.93. The Bertz CT molecular complexity index is 841. The fourth-order valence-corrected chi connectivity index (χ4v) is 3.93. The van der Waals surface area contributed by atoms with E-state index in [1.54, 1.807) is 24.3 Å². The van der Waals surface area contributed by atoms with Crippen molar-refractivity contribution in [1.82, 2.24) is 0 Å². The van der Waals surface area contributed by atoms with Crippen LogP contribution in [0.3, 0.4) is 0 Å². The zero-order valence-electron chi connectivity index (χ0n) is 17.2. The van der Waals surface area contributed by atoms with Crippen LogP contribution < -0.4 is 4.90 Å². The first kappa shape index (κ1) is 22.2. The zero-order chi connectivity index (χ0) is 21.6. The second kappa shape index (κ2) is 9.99. The van der Waals surface area contributed by atoms with Crippen LogP contribution in [0.25, 0.3) is 0 Å². The monoisotopic (exact) mass is 416 g/mol. The van der Waals surface area contributed by atoms with E-state index < -0.39 is 11.7 Å². The Morgan fingerprint density at radius 1 is 1.07 bits per heavy atom. The highest BCUT2D eigenvalue weighted by molar-refractivity contribution is 5.51. The van der Waals surface area contributed by atoms with Crippen molar-refractivity contribution >= 4 is 5.69 Å². The highest BCUT2D eigenvalue weighted by atomic mass is 19.4. The molecule has 1 unspecified atom stereocenters. The molecule has 0 bridgehead atoms. The molecule has 0 aromatic heterocycles. The second-order valence-corrected chi connectivity index (χ2v) is 7.79. The normalized spacial score (nSPS) is 19.5. The van der Waals surface area contributed by atoms with Crippen LogP contribution in [-0.4, -0.2) is 25.8 Å². The van der Waals surface area contributed by atoms with E-state index >= 15 is 0 Å². The standard InChI is InChI=1S/C24H27F3N2O/c1-2-3-14-30-17-23-13-8-20(19-6-9-21(10-7-19)24(25,26)27)16-29(23)22-11-4-18(15-28)5-12-22/h4-7,9-12,20,23H,2-3,8,13-14,16-17H2,1H3/t20?,23-/m0/s1. The Balaban J connectivity index is 1.77. The fraction of sp³-hybridized carbons (Fsp3) is 0.458. The largest absolute Gasteiger partial charge is 0.416 e. The van der Waals surface area contributed by atoms with Crippen molar-refractivity contribution in [2.75, 3.05) is 24.7 Å². The molecule has 0 aliphatic carbocycles. The SMILES string of the molecule is CCCCOC[C@@H]1CCC(c2ccc(C(F)(F)F)cc2)CN1c1ccc(C#N)cc1. The minimum Gasteiger partial charge on any atom is -0.379 e. The molecule has 1 fully saturated rings. The molecule has 2 aromatic carbocycles. The van der Waals surface area contributed by atoms with Gasteiger partial charge in [0.15, 0.2) is 0 Å². The maximum atomic E-state index is 12.9. The van der Waals surface area contributed by atoms with Crippen LogP contribution in [-0.2, 0) is 10.9 Å². The number of benzene rings is 2. The number of nitriles is 1. The number of alkyl halides is 3. The van der Waals surface area contributed by atoms with E-state index in [0.29, 0.717) is 18.7 Å². The number of halogens is 3. The van der Waals surface area contributed by atoms with Crippen molar-refractivity contribution in [2.24, 2.45) is 0 Å². The molecule has 0 saturated carbocycles. The molecule has 0 amide bonds. The van der Waals surface area contributed by atoms with E-state index in [1.807, 2.05) is 12.1 Å². The first-order valence-electron chi connectivity index (χ1n) is 10.4. The zero-order valence-corrected chi connectivity index (χ0v) is 17.2. The summed E-state index contributed by atoms with van der Waals surface area (Å²) < 4.78 is 44.5. The summed E-state index contributed by atoms with van der Waals surface area (Å²) in [5, 5.41) is 9.06. The molecule has 30 heavy (non-hydrogen) atoms. The van der Waals surface area contributed by atoms with E-state index in [0.717, 1.165) is 43.5 Å². The molecule has 3 rings (SSSR count). The summed E-state index contributed by atoms with van der Waals surface area (Å²) >= 11 is 0. The molecular weight excluding hydrogens is 389 g/mol. The first-order valence-corrected chi connectivity index (χ1v) is 10.4. The number of piperidine rings is 1. The van der Waals surface area contributed by atoms with E-state index in [9.17, 15) is 13.2 Å². The smallest absolute Gasteiger partial charge is 0.379 e. The van der Waals surface area contributed by atoms with Gasteiger partial charge in [-0.25, -0.2) is 0 Å². The summed E-state index contributed by atoms with van der Waals surface area (Å²) in [6, 6.07) is 15.3. The average Bonchev–Trinajstić information content (AvgIpc) is 2.76. The maximum Gasteiger partial charge on any atom is 0.416 e. The van der Waals surface area contributed by atoms with Crippen LogP contribution >= 0.6 is 0 Å². The van der Waals surface area contributed by atoms with Crippen molar-refractivity contribution in [1.29, 1.82) is 5.26 Å². The van der Waals surface area contributed by atoms with Crippen LogP contribution in [0.4, 0.5) is 18.9 Å². The lowest BCUT2D eigenvalue weighted by Crippen LogP contribution is -2.45. The minimum atomic E-state index is -4.32. The van der Waals surface area contributed by atoms with Gasteiger partial charge in [0, 0.05) is 24.8 Å². The van der Waals surface area contributed by atoms with Gasteiger partial charge < -0.3 is 9.64 Å². The summed E-state index contributed by atoms with van der Waals surface area (Å²) in [6.45, 7) is 4.19. The van der Waals surface area contributed by atoms with Crippen LogP contribution in [0.2, 0.25) is 0 Å². The van der Waals surface area contributed by atoms with Gasteiger partial charge in [-0.2, -0.15) is 18.4 Å². The predicted octanol–water partition coefficient (Wildman–Crippen LogP) is 6.15. The first-order chi connectivity index (χ1) is 14.4. The Morgan fingerprint density at radius 3 is 2.37 bits per heavy atom. The number of anilines is 1. The summed E-state index contributed by atoms with van der Waals surface area (Å²) in [4.78, 5) is 2.28. The van der Waals surface area contributed by atoms with Gasteiger partial charge in [0.1, 0.15) is 0 Å². The lowest BCUT2D eigenvalue weighted by molar-refractivity contribution is -0.137. The highest BCUT2D eigenvalue weighted by Gasteiger charge is 2.32. The predicted molar refractivity (Wildman–Crippen MR) is 111 cm³/mol. The molecule has 2 aromatic rings. The molecule has 1 aliphatic heterocycles. The van der Waals surface area contributed by atoms with Crippen molar-refractivity contribution in [3.05, 3.63) is 65.2 Å². The number of nitrogens with zero attached hydrogens (tertiary/aromatic N) is 2. The topological polar surface area (TPSA) is 36.3 Å². The number of hydrogen-bond donors (Lipinski definition) is 0. The van der Waals surface area contributed by atoms with Crippen LogP contribution in [0.15, 0.2) is 48.5 Å². The second-order valence-electron chi connectivity index (χ2n) is 7.79. The quantitative estimate of drug-likeness (QED) is 0.508. The molecule has 6 heteroatoms. The van der Waals surface area contributed by atoms with Crippen molar-refractivity contribution in [3.63, 3.8) is 0 Å². The van der Waals surface area contributed by atoms with Gasteiger partial charge in [-0.3, -0.25) is 0 Å². The van der Waals surface area contributed by atoms with E-state index in [-0.39, 0.29) is 12.0 Å². The van der Waals surface area contributed by atoms with E-state index in [1.165, 1.54) is 12.1 Å². The Labute approximate surface area is 176 Å². The van der Waals surface area contributed by atoms with Gasteiger partial charge in [0.25, 0.3) is 0 Å². The average molecular weight is 416 g/mol. The number of unbranched alkanes of at least 4 members (excludes halogenated alkanes) is 1. The van der Waals surface area contributed by atoms with Crippen molar-refractivity contribution in [2.45, 2.75) is 50.7 Å². The number of rotatable bonds is 7. The third-order valence-electron chi connectivity index (χ3n) is 5.70. The van der Waals surface area contributed by atoms with E-state index in [2.05, 4.69) is 17.9 Å². The van der Waals surface area contributed by atoms with Crippen molar-refractivity contribution < 1.29 is 17.9 Å². The molecule has 1 aliphatic rings. The summed E-state index contributed by atoms with van der Waals surface area (Å²) in [6.07, 6.45) is -0.407. The molecule has 0 spiro atoms. The molecule has 3 nitrogen and oxygen atoms in total. The maximum absolute atomic E-state index is 12.9. The van der Waals surface area contributed by atoms with E-state index in [4.69, 9.17) is 10.00 Å². The van der Waals surface area contributed by atoms with Gasteiger partial charge in [0.05, 0.1) is 29.8 Å². The van der Waals surface area contributed by atoms with Crippen LogP contribution in [0.5, 0.6) is 0 Å². The lowest BCUT2D eigenvalue weighted by Gasteiger charge is -2.41. The molecule has 1 heterocycles. The Kier molecular flexibility index (Phi) is 7.38. The molecule has 0 radical (unpaired) electrons. The summed E-state index contributed by atoms with van der Waals surface area (Å²) in [5.74, 6) is 0.148.